The summed E-state index contributed by atoms with van der Waals surface area (Å²) in [7, 11) is 0. The Morgan fingerprint density at radius 1 is 1.26 bits per heavy atom. The molecule has 0 aromatic heterocycles. The molecule has 0 fully saturated rings. The lowest BCUT2D eigenvalue weighted by Crippen LogP contribution is -2.38. The van der Waals surface area contributed by atoms with Gasteiger partial charge in [0.1, 0.15) is 0 Å². The van der Waals surface area contributed by atoms with Crippen molar-refractivity contribution in [3.05, 3.63) is 34.3 Å². The molecule has 0 aliphatic heterocycles. The summed E-state index contributed by atoms with van der Waals surface area (Å²) >= 11 is 3.35. The van der Waals surface area contributed by atoms with Gasteiger partial charge in [-0.3, -0.25) is 9.59 Å². The summed E-state index contributed by atoms with van der Waals surface area (Å²) in [6.45, 7) is 3.32. The van der Waals surface area contributed by atoms with Crippen LogP contribution in [0.3, 0.4) is 0 Å². The van der Waals surface area contributed by atoms with Crippen LogP contribution in [0, 0.1) is 5.41 Å². The molecule has 0 aliphatic carbocycles. The lowest BCUT2D eigenvalue weighted by atomic mass is 9.94. The van der Waals surface area contributed by atoms with Crippen LogP contribution in [0.5, 0.6) is 0 Å². The second kappa shape index (κ2) is 6.70. The first-order valence-electron chi connectivity index (χ1n) is 6.06. The largest absolute Gasteiger partial charge is 0.481 e. The van der Waals surface area contributed by atoms with Crippen LogP contribution in [0.15, 0.2) is 28.7 Å². The van der Waals surface area contributed by atoms with Gasteiger partial charge in [0.25, 0.3) is 0 Å². The van der Waals surface area contributed by atoms with E-state index in [1.807, 2.05) is 24.3 Å². The predicted molar refractivity (Wildman–Crippen MR) is 76.9 cm³/mol. The Bertz CT molecular complexity index is 454. The van der Waals surface area contributed by atoms with Crippen LogP contribution in [0.4, 0.5) is 0 Å². The first-order valence-corrected chi connectivity index (χ1v) is 6.85. The summed E-state index contributed by atoms with van der Waals surface area (Å²) in [4.78, 5) is 22.5. The molecule has 1 rings (SSSR count). The van der Waals surface area contributed by atoms with Gasteiger partial charge < -0.3 is 10.4 Å². The van der Waals surface area contributed by atoms with Crippen molar-refractivity contribution in [1.82, 2.24) is 5.32 Å². The molecule has 0 bridgehead atoms. The molecule has 1 aromatic rings. The molecule has 4 nitrogen and oxygen atoms in total. The van der Waals surface area contributed by atoms with Crippen molar-refractivity contribution in [1.29, 1.82) is 0 Å². The zero-order chi connectivity index (χ0) is 14.5. The van der Waals surface area contributed by atoms with Crippen LogP contribution < -0.4 is 5.32 Å². The van der Waals surface area contributed by atoms with Gasteiger partial charge in [0.2, 0.25) is 5.91 Å². The maximum atomic E-state index is 11.6. The molecule has 0 spiro atoms. The molecule has 0 saturated heterocycles. The van der Waals surface area contributed by atoms with Crippen LogP contribution in [0.2, 0.25) is 0 Å². The first-order chi connectivity index (χ1) is 8.81. The number of carbonyl (C=O) groups is 2. The van der Waals surface area contributed by atoms with E-state index in [1.54, 1.807) is 13.8 Å². The molecule has 19 heavy (non-hydrogen) atoms. The number of hydrogen-bond donors (Lipinski definition) is 2. The maximum Gasteiger partial charge on any atom is 0.310 e. The van der Waals surface area contributed by atoms with Crippen LogP contribution in [0.25, 0.3) is 0 Å². The highest BCUT2D eigenvalue weighted by Crippen LogP contribution is 2.14. The van der Waals surface area contributed by atoms with Gasteiger partial charge in [-0.15, -0.1) is 0 Å². The number of benzene rings is 1. The molecule has 0 heterocycles. The molecule has 1 amide bonds. The Balaban J connectivity index is 2.36. The van der Waals surface area contributed by atoms with E-state index in [-0.39, 0.29) is 12.5 Å². The number of rotatable bonds is 6. The van der Waals surface area contributed by atoms with Gasteiger partial charge in [0.05, 0.1) is 5.41 Å². The number of aryl methyl sites for hydroxylation is 1. The lowest BCUT2D eigenvalue weighted by Gasteiger charge is -2.19. The molecular formula is C14H18BrNO3. The van der Waals surface area contributed by atoms with Crippen LogP contribution >= 0.6 is 15.9 Å². The molecule has 0 atom stereocenters. The second-order valence-corrected chi connectivity index (χ2v) is 6.01. The van der Waals surface area contributed by atoms with E-state index < -0.39 is 11.4 Å². The summed E-state index contributed by atoms with van der Waals surface area (Å²) in [6.07, 6.45) is 1.00. The molecule has 2 N–H and O–H groups in total. The highest BCUT2D eigenvalue weighted by atomic mass is 79.9. The predicted octanol–water partition coefficient (Wildman–Crippen LogP) is 2.61. The van der Waals surface area contributed by atoms with Gasteiger partial charge >= 0.3 is 5.97 Å². The third-order valence-corrected chi connectivity index (χ3v) is 3.39. The normalized spacial score (nSPS) is 11.1. The summed E-state index contributed by atoms with van der Waals surface area (Å²) < 4.78 is 1.00. The van der Waals surface area contributed by atoms with Crippen LogP contribution in [-0.2, 0) is 16.0 Å². The first kappa shape index (κ1) is 15.7. The molecule has 0 unspecified atom stereocenters. The van der Waals surface area contributed by atoms with Crippen molar-refractivity contribution in [3.8, 4) is 0 Å². The number of carbonyl (C=O) groups excluding carboxylic acids is 1. The Morgan fingerprint density at radius 2 is 1.84 bits per heavy atom. The smallest absolute Gasteiger partial charge is 0.310 e. The van der Waals surface area contributed by atoms with Gasteiger partial charge in [-0.2, -0.15) is 0 Å². The summed E-state index contributed by atoms with van der Waals surface area (Å²) in [5.41, 5.74) is 0.142. The zero-order valence-electron chi connectivity index (χ0n) is 11.1. The summed E-state index contributed by atoms with van der Waals surface area (Å²) in [5.74, 6) is -1.04. The van der Waals surface area contributed by atoms with E-state index >= 15 is 0 Å². The van der Waals surface area contributed by atoms with Crippen molar-refractivity contribution < 1.29 is 14.7 Å². The maximum absolute atomic E-state index is 11.6. The van der Waals surface area contributed by atoms with Crippen molar-refractivity contribution in [2.24, 2.45) is 5.41 Å². The molecular weight excluding hydrogens is 310 g/mol. The summed E-state index contributed by atoms with van der Waals surface area (Å²) in [6, 6.07) is 7.78. The number of amides is 1. The Hall–Kier alpha value is -1.36. The van der Waals surface area contributed by atoms with E-state index in [0.29, 0.717) is 12.8 Å². The molecule has 5 heteroatoms. The zero-order valence-corrected chi connectivity index (χ0v) is 12.7. The average molecular weight is 328 g/mol. The van der Waals surface area contributed by atoms with Gasteiger partial charge in [0, 0.05) is 17.4 Å². The van der Waals surface area contributed by atoms with Crippen molar-refractivity contribution in [2.45, 2.75) is 26.7 Å². The van der Waals surface area contributed by atoms with Gasteiger partial charge in [-0.1, -0.05) is 28.1 Å². The number of nitrogens with one attached hydrogen (secondary N) is 1. The highest BCUT2D eigenvalue weighted by molar-refractivity contribution is 9.10. The fourth-order valence-electron chi connectivity index (χ4n) is 1.39. The Morgan fingerprint density at radius 3 is 2.37 bits per heavy atom. The minimum atomic E-state index is -0.937. The van der Waals surface area contributed by atoms with Crippen molar-refractivity contribution in [2.75, 3.05) is 6.54 Å². The topological polar surface area (TPSA) is 66.4 Å². The molecule has 0 saturated carbocycles. The van der Waals surface area contributed by atoms with Gasteiger partial charge in [-0.25, -0.2) is 0 Å². The van der Waals surface area contributed by atoms with E-state index in [9.17, 15) is 9.59 Å². The SMILES string of the molecule is CC(C)(CNC(=O)CCc1ccc(Br)cc1)C(=O)O. The summed E-state index contributed by atoms with van der Waals surface area (Å²) in [5, 5.41) is 11.6. The second-order valence-electron chi connectivity index (χ2n) is 5.09. The monoisotopic (exact) mass is 327 g/mol. The lowest BCUT2D eigenvalue weighted by molar-refractivity contribution is -0.146. The molecule has 104 valence electrons. The minimum Gasteiger partial charge on any atom is -0.481 e. The third-order valence-electron chi connectivity index (χ3n) is 2.86. The molecule has 0 radical (unpaired) electrons. The van der Waals surface area contributed by atoms with E-state index in [2.05, 4.69) is 21.2 Å². The fraction of sp³-hybridized carbons (Fsp3) is 0.429. The Labute approximate surface area is 121 Å². The third kappa shape index (κ3) is 5.42. The fourth-order valence-corrected chi connectivity index (χ4v) is 1.66. The van der Waals surface area contributed by atoms with Crippen LogP contribution in [-0.4, -0.2) is 23.5 Å². The number of carboxylic acids is 1. The number of carboxylic acid groups (broad SMARTS) is 1. The van der Waals surface area contributed by atoms with Crippen molar-refractivity contribution in [3.63, 3.8) is 0 Å². The number of aliphatic carboxylic acids is 1. The standard InChI is InChI=1S/C14H18BrNO3/c1-14(2,13(18)19)9-16-12(17)8-5-10-3-6-11(15)7-4-10/h3-4,6-7H,5,8-9H2,1-2H3,(H,16,17)(H,18,19). The highest BCUT2D eigenvalue weighted by Gasteiger charge is 2.27. The van der Waals surface area contributed by atoms with E-state index in [0.717, 1.165) is 10.0 Å². The average Bonchev–Trinajstić information content (AvgIpc) is 2.35. The molecule has 1 aromatic carbocycles. The van der Waals surface area contributed by atoms with E-state index in [1.165, 1.54) is 0 Å². The van der Waals surface area contributed by atoms with Crippen molar-refractivity contribution >= 4 is 27.8 Å². The minimum absolute atomic E-state index is 0.128. The van der Waals surface area contributed by atoms with Crippen LogP contribution in [0.1, 0.15) is 25.8 Å². The van der Waals surface area contributed by atoms with E-state index in [4.69, 9.17) is 5.11 Å². The van der Waals surface area contributed by atoms with Gasteiger partial charge in [-0.05, 0) is 38.0 Å². The van der Waals surface area contributed by atoms with Gasteiger partial charge in [0.15, 0.2) is 0 Å². The number of hydrogen-bond acceptors (Lipinski definition) is 2. The number of halogens is 1. The quantitative estimate of drug-likeness (QED) is 0.844. The molecule has 0 aliphatic rings. The Kier molecular flexibility index (Phi) is 5.54.